The van der Waals surface area contributed by atoms with E-state index in [4.69, 9.17) is 16.3 Å². The minimum Gasteiger partial charge on any atom is -0.445 e. The lowest BCUT2D eigenvalue weighted by molar-refractivity contribution is -0.138. The molecule has 2 amide bonds. The van der Waals surface area contributed by atoms with Crippen LogP contribution >= 0.6 is 11.6 Å². The molecule has 12 heteroatoms. The molecule has 0 radical (unpaired) electrons. The van der Waals surface area contributed by atoms with Gasteiger partial charge in [-0.1, -0.05) is 35.9 Å². The molecule has 0 saturated carbocycles. The summed E-state index contributed by atoms with van der Waals surface area (Å²) in [6.45, 7) is 0.686. The number of piperazine rings is 1. The fourth-order valence-electron chi connectivity index (χ4n) is 4.31. The number of rotatable bonds is 5. The number of nitriles is 1. The van der Waals surface area contributed by atoms with Gasteiger partial charge in [0.15, 0.2) is 0 Å². The number of ether oxygens (including phenoxy) is 1. The summed E-state index contributed by atoms with van der Waals surface area (Å²) in [7, 11) is 3.27. The van der Waals surface area contributed by atoms with E-state index < -0.39 is 24.4 Å². The van der Waals surface area contributed by atoms with E-state index in [-0.39, 0.29) is 29.6 Å². The van der Waals surface area contributed by atoms with Crippen molar-refractivity contribution in [2.75, 3.05) is 45.2 Å². The third-order valence-electron chi connectivity index (χ3n) is 6.44. The zero-order valence-corrected chi connectivity index (χ0v) is 22.5. The van der Waals surface area contributed by atoms with Crippen molar-refractivity contribution in [3.05, 3.63) is 82.0 Å². The second-order valence-electron chi connectivity index (χ2n) is 9.28. The Hall–Kier alpha value is -4.30. The molecule has 2 aromatic carbocycles. The number of anilines is 1. The number of alkyl halides is 3. The lowest BCUT2D eigenvalue weighted by Crippen LogP contribution is -2.49. The molecule has 1 fully saturated rings. The van der Waals surface area contributed by atoms with E-state index >= 15 is 0 Å². The van der Waals surface area contributed by atoms with Crippen molar-refractivity contribution >= 4 is 29.4 Å². The van der Waals surface area contributed by atoms with Gasteiger partial charge in [-0.05, 0) is 29.8 Å². The van der Waals surface area contributed by atoms with Crippen molar-refractivity contribution in [2.45, 2.75) is 12.8 Å². The van der Waals surface area contributed by atoms with Crippen LogP contribution in [0.1, 0.15) is 27.0 Å². The summed E-state index contributed by atoms with van der Waals surface area (Å²) in [6, 6.07) is 13.8. The van der Waals surface area contributed by atoms with E-state index in [2.05, 4.69) is 11.1 Å². The van der Waals surface area contributed by atoms with E-state index in [0.29, 0.717) is 41.2 Å². The summed E-state index contributed by atoms with van der Waals surface area (Å²) in [5.41, 5.74) is 1.06. The van der Waals surface area contributed by atoms with Crippen molar-refractivity contribution in [1.29, 1.82) is 5.26 Å². The highest BCUT2D eigenvalue weighted by Crippen LogP contribution is 2.32. The maximum atomic E-state index is 13.2. The van der Waals surface area contributed by atoms with Crippen LogP contribution in [-0.4, -0.2) is 67.1 Å². The number of halogens is 4. The zero-order valence-electron chi connectivity index (χ0n) is 21.7. The summed E-state index contributed by atoms with van der Waals surface area (Å²) in [5.74, 6) is 0.223. The van der Waals surface area contributed by atoms with Gasteiger partial charge in [-0.25, -0.2) is 9.78 Å². The van der Waals surface area contributed by atoms with Crippen molar-refractivity contribution in [3.8, 4) is 17.2 Å². The normalized spacial score (nSPS) is 13.5. The van der Waals surface area contributed by atoms with Gasteiger partial charge in [-0.2, -0.15) is 18.4 Å². The molecule has 0 atom stereocenters. The number of carbonyl (C=O) groups is 2. The Kier molecular flexibility index (Phi) is 8.49. The zero-order chi connectivity index (χ0) is 29.0. The van der Waals surface area contributed by atoms with Gasteiger partial charge < -0.3 is 19.4 Å². The first kappa shape index (κ1) is 28.7. The van der Waals surface area contributed by atoms with E-state index in [1.165, 1.54) is 28.0 Å². The monoisotopic (exact) mass is 571 g/mol. The van der Waals surface area contributed by atoms with Crippen LogP contribution in [0.3, 0.4) is 0 Å². The quantitative estimate of drug-likeness (QED) is 0.404. The highest BCUT2D eigenvalue weighted by molar-refractivity contribution is 6.34. The smallest absolute Gasteiger partial charge is 0.416 e. The van der Waals surface area contributed by atoms with Crippen LogP contribution in [0.2, 0.25) is 5.02 Å². The second-order valence-corrected chi connectivity index (χ2v) is 9.69. The number of nitrogens with zero attached hydrogens (tertiary/aromatic N) is 5. The van der Waals surface area contributed by atoms with Gasteiger partial charge in [0, 0.05) is 57.6 Å². The van der Waals surface area contributed by atoms with Crippen molar-refractivity contribution in [3.63, 3.8) is 0 Å². The summed E-state index contributed by atoms with van der Waals surface area (Å²) in [6.07, 6.45) is -3.65. The summed E-state index contributed by atoms with van der Waals surface area (Å²) in [4.78, 5) is 34.0. The molecule has 2 heterocycles. The highest BCUT2D eigenvalue weighted by Gasteiger charge is 2.33. The molecule has 1 aromatic heterocycles. The van der Waals surface area contributed by atoms with Gasteiger partial charge in [-0.15, -0.1) is 0 Å². The summed E-state index contributed by atoms with van der Waals surface area (Å²) in [5, 5.41) is 10.1. The van der Waals surface area contributed by atoms with Crippen molar-refractivity contribution in [2.24, 2.45) is 0 Å². The van der Waals surface area contributed by atoms with Crippen molar-refractivity contribution in [1.82, 2.24) is 14.8 Å². The van der Waals surface area contributed by atoms with E-state index in [0.717, 1.165) is 6.07 Å². The predicted molar refractivity (Wildman–Crippen MR) is 143 cm³/mol. The Morgan fingerprint density at radius 1 is 1.07 bits per heavy atom. The Labute approximate surface area is 234 Å². The number of hydrogen-bond donors (Lipinski definition) is 0. The molecule has 0 spiro atoms. The predicted octanol–water partition coefficient (Wildman–Crippen LogP) is 5.45. The molecule has 8 nitrogen and oxygen atoms in total. The summed E-state index contributed by atoms with van der Waals surface area (Å²) < 4.78 is 44.8. The average molecular weight is 572 g/mol. The molecule has 0 unspecified atom stereocenters. The number of hydrogen-bond acceptors (Lipinski definition) is 6. The maximum Gasteiger partial charge on any atom is 0.416 e. The average Bonchev–Trinajstić information content (AvgIpc) is 2.94. The maximum absolute atomic E-state index is 13.2. The molecule has 0 aliphatic carbocycles. The van der Waals surface area contributed by atoms with Gasteiger partial charge in [0.25, 0.3) is 5.91 Å². The Balaban J connectivity index is 1.40. The largest absolute Gasteiger partial charge is 0.445 e. The third-order valence-corrected chi connectivity index (χ3v) is 6.75. The Morgan fingerprint density at radius 3 is 2.40 bits per heavy atom. The van der Waals surface area contributed by atoms with Gasteiger partial charge >= 0.3 is 12.3 Å². The van der Waals surface area contributed by atoms with Crippen LogP contribution in [-0.2, 0) is 17.5 Å². The molecule has 1 saturated heterocycles. The molecular formula is C28H25ClF3N5O3. The van der Waals surface area contributed by atoms with Crippen LogP contribution in [0.25, 0.3) is 11.1 Å². The van der Waals surface area contributed by atoms with Gasteiger partial charge in [0.1, 0.15) is 18.5 Å². The molecule has 1 aliphatic rings. The Morgan fingerprint density at radius 2 is 1.77 bits per heavy atom. The summed E-state index contributed by atoms with van der Waals surface area (Å²) >= 11 is 6.34. The van der Waals surface area contributed by atoms with Gasteiger partial charge in [-0.3, -0.25) is 4.79 Å². The fraction of sp³-hybridized carbons (Fsp3) is 0.286. The highest BCUT2D eigenvalue weighted by atomic mass is 35.5. The number of pyridine rings is 1. The minimum absolute atomic E-state index is 0.120. The van der Waals surface area contributed by atoms with E-state index in [1.807, 2.05) is 4.90 Å². The minimum atomic E-state index is -4.55. The SMILES string of the molecule is CN(C)C(=O)c1ccc(-c2cnc(N3CCN(C(=O)OCc4ccccc4C(F)(F)F)CC3)c(C#N)c2)cc1Cl. The van der Waals surface area contributed by atoms with Crippen LogP contribution in [0.4, 0.5) is 23.8 Å². The molecule has 40 heavy (non-hydrogen) atoms. The van der Waals surface area contributed by atoms with E-state index in [1.54, 1.807) is 44.6 Å². The van der Waals surface area contributed by atoms with Gasteiger partial charge in [0.05, 0.1) is 21.7 Å². The first-order valence-corrected chi connectivity index (χ1v) is 12.6. The van der Waals surface area contributed by atoms with Crippen LogP contribution in [0.5, 0.6) is 0 Å². The molecule has 208 valence electrons. The second kappa shape index (κ2) is 11.8. The molecule has 4 rings (SSSR count). The number of benzene rings is 2. The molecular weight excluding hydrogens is 547 g/mol. The number of aromatic nitrogens is 1. The molecule has 3 aromatic rings. The number of amides is 2. The first-order chi connectivity index (χ1) is 19.0. The van der Waals surface area contributed by atoms with E-state index in [9.17, 15) is 28.0 Å². The van der Waals surface area contributed by atoms with Crippen LogP contribution in [0, 0.1) is 11.3 Å². The number of carbonyl (C=O) groups excluding carboxylic acids is 2. The lowest BCUT2D eigenvalue weighted by Gasteiger charge is -2.35. The lowest BCUT2D eigenvalue weighted by atomic mass is 10.0. The standard InChI is InChI=1S/C28H25ClF3N5O3/c1-35(2)26(38)22-8-7-18(14-24(22)29)21-13-20(15-33)25(34-16-21)36-9-11-37(12-10-36)27(39)40-17-19-5-3-4-6-23(19)28(30,31)32/h3-8,13-14,16H,9-12,17H2,1-2H3. The van der Waals surface area contributed by atoms with Crippen molar-refractivity contribution < 1.29 is 27.5 Å². The molecule has 0 bridgehead atoms. The van der Waals surface area contributed by atoms with Crippen LogP contribution in [0.15, 0.2) is 54.7 Å². The fourth-order valence-corrected chi connectivity index (χ4v) is 4.57. The third kappa shape index (κ3) is 6.29. The topological polar surface area (TPSA) is 89.8 Å². The molecule has 1 aliphatic heterocycles. The molecule has 0 N–H and O–H groups in total. The Bertz CT molecular complexity index is 1460. The van der Waals surface area contributed by atoms with Crippen LogP contribution < -0.4 is 4.90 Å². The first-order valence-electron chi connectivity index (χ1n) is 12.2. The van der Waals surface area contributed by atoms with Gasteiger partial charge in [0.2, 0.25) is 0 Å².